The van der Waals surface area contributed by atoms with Gasteiger partial charge in [-0.15, -0.1) is 10.2 Å². The van der Waals surface area contributed by atoms with Crippen molar-refractivity contribution in [2.24, 2.45) is 5.92 Å². The van der Waals surface area contributed by atoms with E-state index >= 15 is 0 Å². The fraction of sp³-hybridized carbons (Fsp3) is 0.333. The lowest BCUT2D eigenvalue weighted by molar-refractivity contribution is -0.120. The number of carbonyl (C=O) groups excluding carboxylic acids is 1. The summed E-state index contributed by atoms with van der Waals surface area (Å²) in [4.78, 5) is 12.5. The van der Waals surface area contributed by atoms with E-state index < -0.39 is 5.54 Å². The van der Waals surface area contributed by atoms with Crippen LogP contribution in [0.15, 0.2) is 59.8 Å². The molecular weight excluding hydrogens is 425 g/mol. The van der Waals surface area contributed by atoms with Crippen LogP contribution in [0.25, 0.3) is 11.4 Å². The Kier molecular flexibility index (Phi) is 7.65. The lowest BCUT2D eigenvalue weighted by Crippen LogP contribution is -2.49. The number of rotatable bonds is 9. The van der Waals surface area contributed by atoms with Gasteiger partial charge in [0.15, 0.2) is 11.0 Å². The Balaban J connectivity index is 1.81. The lowest BCUT2D eigenvalue weighted by atomic mass is 9.90. The van der Waals surface area contributed by atoms with Gasteiger partial charge in [0.05, 0.1) is 17.4 Å². The topological polar surface area (TPSA) is 83.6 Å². The molecule has 1 atom stereocenters. The van der Waals surface area contributed by atoms with Crippen LogP contribution < -0.4 is 5.32 Å². The molecule has 0 aliphatic heterocycles. The highest BCUT2D eigenvalue weighted by atomic mass is 32.2. The zero-order valence-corrected chi connectivity index (χ0v) is 19.2. The minimum atomic E-state index is -0.947. The molecule has 6 nitrogen and oxygen atoms in total. The molecule has 0 spiro atoms. The molecule has 0 aliphatic rings. The number of aromatic nitrogens is 3. The van der Waals surface area contributed by atoms with Gasteiger partial charge in [-0.2, -0.15) is 5.26 Å². The van der Waals surface area contributed by atoms with Crippen molar-refractivity contribution in [3.8, 4) is 17.5 Å². The van der Waals surface area contributed by atoms with Gasteiger partial charge in [0, 0.05) is 6.54 Å². The number of amides is 1. The van der Waals surface area contributed by atoms with Crippen molar-refractivity contribution in [1.29, 1.82) is 5.26 Å². The van der Waals surface area contributed by atoms with E-state index in [1.807, 2.05) is 48.7 Å². The summed E-state index contributed by atoms with van der Waals surface area (Å²) in [5, 5.41) is 21.2. The zero-order valence-electron chi connectivity index (χ0n) is 18.4. The van der Waals surface area contributed by atoms with Gasteiger partial charge >= 0.3 is 0 Å². The first-order valence-electron chi connectivity index (χ1n) is 10.4. The van der Waals surface area contributed by atoms with E-state index in [0.29, 0.717) is 29.5 Å². The molecule has 3 rings (SSSR count). The average molecular weight is 452 g/mol. The maximum Gasteiger partial charge on any atom is 0.231 e. The molecule has 1 aromatic heterocycles. The molecular formula is C24H26FN5OS. The fourth-order valence-electron chi connectivity index (χ4n) is 3.08. The Labute approximate surface area is 191 Å². The summed E-state index contributed by atoms with van der Waals surface area (Å²) < 4.78 is 16.3. The zero-order chi connectivity index (χ0) is 23.1. The minimum absolute atomic E-state index is 0.0383. The third kappa shape index (κ3) is 5.54. The Morgan fingerprint density at radius 3 is 2.53 bits per heavy atom. The number of nitriles is 1. The Morgan fingerprint density at radius 2 is 1.88 bits per heavy atom. The van der Waals surface area contributed by atoms with E-state index in [-0.39, 0.29) is 23.4 Å². The fourth-order valence-corrected chi connectivity index (χ4v) is 3.85. The molecule has 32 heavy (non-hydrogen) atoms. The van der Waals surface area contributed by atoms with Crippen LogP contribution in [0, 0.1) is 23.1 Å². The molecule has 0 saturated heterocycles. The van der Waals surface area contributed by atoms with E-state index in [4.69, 9.17) is 0 Å². The SMILES string of the molecule is CC(C)C(C)(C#N)NC(=O)CSc1nnc(-c2ccccc2F)n1CCc1ccccc1. The number of nitrogens with zero attached hydrogens (tertiary/aromatic N) is 4. The highest BCUT2D eigenvalue weighted by Crippen LogP contribution is 2.26. The molecule has 1 unspecified atom stereocenters. The predicted molar refractivity (Wildman–Crippen MR) is 123 cm³/mol. The van der Waals surface area contributed by atoms with Gasteiger partial charge in [-0.3, -0.25) is 4.79 Å². The van der Waals surface area contributed by atoms with Crippen LogP contribution in [0.5, 0.6) is 0 Å². The molecule has 8 heteroatoms. The smallest absolute Gasteiger partial charge is 0.231 e. The highest BCUT2D eigenvalue weighted by molar-refractivity contribution is 7.99. The number of carbonyl (C=O) groups is 1. The van der Waals surface area contributed by atoms with Gasteiger partial charge in [0.1, 0.15) is 11.4 Å². The Hall–Kier alpha value is -3.18. The van der Waals surface area contributed by atoms with Crippen molar-refractivity contribution in [2.45, 2.75) is 44.4 Å². The van der Waals surface area contributed by atoms with E-state index in [1.165, 1.54) is 17.8 Å². The van der Waals surface area contributed by atoms with E-state index in [2.05, 4.69) is 21.6 Å². The number of thioether (sulfide) groups is 1. The summed E-state index contributed by atoms with van der Waals surface area (Å²) in [5.74, 6) is -0.186. The number of hydrogen-bond acceptors (Lipinski definition) is 5. The largest absolute Gasteiger partial charge is 0.337 e. The van der Waals surface area contributed by atoms with Crippen LogP contribution in [-0.4, -0.2) is 32.0 Å². The molecule has 1 amide bonds. The van der Waals surface area contributed by atoms with Gasteiger partial charge < -0.3 is 9.88 Å². The first-order valence-corrected chi connectivity index (χ1v) is 11.4. The number of benzene rings is 2. The first kappa shape index (κ1) is 23.5. The van der Waals surface area contributed by atoms with Crippen molar-refractivity contribution in [3.63, 3.8) is 0 Å². The Morgan fingerprint density at radius 1 is 1.19 bits per heavy atom. The molecule has 0 radical (unpaired) electrons. The maximum atomic E-state index is 14.5. The van der Waals surface area contributed by atoms with E-state index in [1.54, 1.807) is 25.1 Å². The van der Waals surface area contributed by atoms with Crippen molar-refractivity contribution in [2.75, 3.05) is 5.75 Å². The summed E-state index contributed by atoms with van der Waals surface area (Å²) in [6.07, 6.45) is 0.708. The number of halogens is 1. The normalized spacial score (nSPS) is 12.9. The summed E-state index contributed by atoms with van der Waals surface area (Å²) >= 11 is 1.22. The van der Waals surface area contributed by atoms with Crippen molar-refractivity contribution < 1.29 is 9.18 Å². The van der Waals surface area contributed by atoms with Gasteiger partial charge in [-0.1, -0.05) is 68.1 Å². The van der Waals surface area contributed by atoms with E-state index in [0.717, 1.165) is 5.56 Å². The van der Waals surface area contributed by atoms with Crippen LogP contribution in [0.3, 0.4) is 0 Å². The monoisotopic (exact) mass is 451 g/mol. The number of aryl methyl sites for hydroxylation is 1. The first-order chi connectivity index (χ1) is 15.3. The van der Waals surface area contributed by atoms with Gasteiger partial charge in [0.25, 0.3) is 0 Å². The van der Waals surface area contributed by atoms with Crippen LogP contribution in [0.1, 0.15) is 26.3 Å². The number of hydrogen-bond donors (Lipinski definition) is 1. The molecule has 2 aromatic carbocycles. The van der Waals surface area contributed by atoms with Crippen LogP contribution in [-0.2, 0) is 17.8 Å². The third-order valence-corrected chi connectivity index (χ3v) is 6.38. The lowest BCUT2D eigenvalue weighted by Gasteiger charge is -2.27. The highest BCUT2D eigenvalue weighted by Gasteiger charge is 2.30. The van der Waals surface area contributed by atoms with Crippen LogP contribution >= 0.6 is 11.8 Å². The van der Waals surface area contributed by atoms with Crippen LogP contribution in [0.2, 0.25) is 0 Å². The average Bonchev–Trinajstić information content (AvgIpc) is 3.19. The van der Waals surface area contributed by atoms with Gasteiger partial charge in [-0.05, 0) is 37.0 Å². The quantitative estimate of drug-likeness (QED) is 0.485. The second-order valence-electron chi connectivity index (χ2n) is 7.98. The second kappa shape index (κ2) is 10.4. The van der Waals surface area contributed by atoms with E-state index in [9.17, 15) is 14.4 Å². The van der Waals surface area contributed by atoms with Crippen LogP contribution in [0.4, 0.5) is 4.39 Å². The summed E-state index contributed by atoms with van der Waals surface area (Å²) in [6, 6.07) is 18.6. The predicted octanol–water partition coefficient (Wildman–Crippen LogP) is 4.47. The second-order valence-corrected chi connectivity index (χ2v) is 8.92. The van der Waals surface area contributed by atoms with Crippen molar-refractivity contribution in [3.05, 3.63) is 66.0 Å². The molecule has 0 bridgehead atoms. The maximum absolute atomic E-state index is 14.5. The third-order valence-electron chi connectivity index (χ3n) is 5.42. The molecule has 0 saturated carbocycles. The molecule has 1 heterocycles. The molecule has 166 valence electrons. The molecule has 0 fully saturated rings. The minimum Gasteiger partial charge on any atom is -0.337 e. The van der Waals surface area contributed by atoms with Gasteiger partial charge in [-0.25, -0.2) is 4.39 Å². The molecule has 0 aliphatic carbocycles. The number of nitrogens with one attached hydrogen (secondary N) is 1. The molecule has 3 aromatic rings. The standard InChI is InChI=1S/C24H26FN5OS/c1-17(2)24(3,16-26)27-21(31)15-32-23-29-28-22(19-11-7-8-12-20(19)25)30(23)14-13-18-9-5-4-6-10-18/h4-12,17H,13-15H2,1-3H3,(H,27,31). The Bertz CT molecular complexity index is 1110. The van der Waals surface area contributed by atoms with Crippen molar-refractivity contribution >= 4 is 17.7 Å². The molecule has 1 N–H and O–H groups in total. The van der Waals surface area contributed by atoms with Gasteiger partial charge in [0.2, 0.25) is 5.91 Å². The summed E-state index contributed by atoms with van der Waals surface area (Å²) in [6.45, 7) is 6.01. The van der Waals surface area contributed by atoms with Crippen molar-refractivity contribution in [1.82, 2.24) is 20.1 Å². The summed E-state index contributed by atoms with van der Waals surface area (Å²) in [7, 11) is 0. The summed E-state index contributed by atoms with van der Waals surface area (Å²) in [5.41, 5.74) is 0.550.